The highest BCUT2D eigenvalue weighted by Gasteiger charge is 1.93. The Kier molecular flexibility index (Phi) is 3.05. The van der Waals surface area contributed by atoms with Crippen molar-refractivity contribution in [2.24, 2.45) is 0 Å². The molecule has 1 aromatic rings. The van der Waals surface area contributed by atoms with Crippen molar-refractivity contribution >= 4 is 17.4 Å². The van der Waals surface area contributed by atoms with Crippen LogP contribution in [0.1, 0.15) is 12.5 Å². The maximum atomic E-state index is 7.13. The molecule has 0 saturated heterocycles. The van der Waals surface area contributed by atoms with Crippen LogP contribution < -0.4 is 5.32 Å². The number of hydrogen-bond donors (Lipinski definition) is 2. The molecule has 4 heteroatoms. The van der Waals surface area contributed by atoms with Crippen LogP contribution in [-0.4, -0.2) is 10.8 Å². The first kappa shape index (κ1) is 9.00. The lowest BCUT2D eigenvalue weighted by molar-refractivity contribution is 0.895. The molecule has 0 spiro atoms. The third-order valence-corrected chi connectivity index (χ3v) is 1.57. The summed E-state index contributed by atoms with van der Waals surface area (Å²) in [6.07, 6.45) is 1.69. The third-order valence-electron chi connectivity index (χ3n) is 1.35. The molecular formula is C8H10ClN3. The van der Waals surface area contributed by atoms with Gasteiger partial charge in [0, 0.05) is 12.7 Å². The van der Waals surface area contributed by atoms with Crippen LogP contribution in [-0.2, 0) is 6.54 Å². The molecule has 2 N–H and O–H groups in total. The van der Waals surface area contributed by atoms with Crippen LogP contribution >= 0.6 is 11.6 Å². The lowest BCUT2D eigenvalue weighted by atomic mass is 10.3. The van der Waals surface area contributed by atoms with E-state index in [1.165, 1.54) is 0 Å². The number of rotatable bonds is 2. The topological polar surface area (TPSA) is 48.8 Å². The zero-order chi connectivity index (χ0) is 8.97. The second-order valence-electron chi connectivity index (χ2n) is 2.47. The molecule has 0 aliphatic rings. The molecule has 0 amide bonds. The fraction of sp³-hybridized carbons (Fsp3) is 0.250. The summed E-state index contributed by atoms with van der Waals surface area (Å²) in [5.74, 6) is 0.449. The fourth-order valence-corrected chi connectivity index (χ4v) is 0.857. The summed E-state index contributed by atoms with van der Waals surface area (Å²) in [5.41, 5.74) is 1.02. The minimum Gasteiger partial charge on any atom is -0.370 e. The predicted molar refractivity (Wildman–Crippen MR) is 49.5 cm³/mol. The Labute approximate surface area is 76.3 Å². The van der Waals surface area contributed by atoms with Crippen LogP contribution in [0.15, 0.2) is 18.3 Å². The molecule has 0 aliphatic carbocycles. The van der Waals surface area contributed by atoms with Gasteiger partial charge in [0.2, 0.25) is 0 Å². The second-order valence-corrected chi connectivity index (χ2v) is 2.85. The summed E-state index contributed by atoms with van der Waals surface area (Å²) in [5, 5.41) is 10.5. The molecule has 1 rings (SSSR count). The summed E-state index contributed by atoms with van der Waals surface area (Å²) >= 11 is 5.60. The molecule has 0 aromatic carbocycles. The third kappa shape index (κ3) is 2.88. The highest BCUT2D eigenvalue weighted by atomic mass is 35.5. The first-order valence-corrected chi connectivity index (χ1v) is 3.96. The monoisotopic (exact) mass is 183 g/mol. The maximum Gasteiger partial charge on any atom is 0.129 e. The van der Waals surface area contributed by atoms with Crippen LogP contribution in [0.25, 0.3) is 0 Å². The van der Waals surface area contributed by atoms with Crippen molar-refractivity contribution in [3.8, 4) is 0 Å². The highest BCUT2D eigenvalue weighted by molar-refractivity contribution is 6.29. The lowest BCUT2D eigenvalue weighted by Gasteiger charge is -2.02. The van der Waals surface area contributed by atoms with E-state index in [4.69, 9.17) is 17.0 Å². The first-order valence-electron chi connectivity index (χ1n) is 3.58. The van der Waals surface area contributed by atoms with Crippen LogP contribution in [0.4, 0.5) is 0 Å². The lowest BCUT2D eigenvalue weighted by Crippen LogP contribution is -2.18. The van der Waals surface area contributed by atoms with Crippen molar-refractivity contribution in [1.82, 2.24) is 10.3 Å². The molecule has 1 heterocycles. The van der Waals surface area contributed by atoms with Crippen LogP contribution in [0, 0.1) is 5.41 Å². The summed E-state index contributed by atoms with van der Waals surface area (Å²) in [4.78, 5) is 3.91. The minimum absolute atomic E-state index is 0.449. The molecule has 0 bridgehead atoms. The van der Waals surface area contributed by atoms with E-state index in [0.717, 1.165) is 5.56 Å². The van der Waals surface area contributed by atoms with E-state index in [0.29, 0.717) is 17.5 Å². The van der Waals surface area contributed by atoms with Gasteiger partial charge in [-0.2, -0.15) is 0 Å². The largest absolute Gasteiger partial charge is 0.370 e. The molecule has 0 atom stereocenters. The van der Waals surface area contributed by atoms with Crippen LogP contribution in [0.3, 0.4) is 0 Å². The Bertz CT molecular complexity index is 268. The van der Waals surface area contributed by atoms with Gasteiger partial charge in [0.15, 0.2) is 0 Å². The van der Waals surface area contributed by atoms with E-state index < -0.39 is 0 Å². The SMILES string of the molecule is CC(=N)NCc1ccc(Cl)nc1. The van der Waals surface area contributed by atoms with Gasteiger partial charge >= 0.3 is 0 Å². The van der Waals surface area contributed by atoms with Crippen LogP contribution in [0.2, 0.25) is 5.15 Å². The Hall–Kier alpha value is -1.09. The van der Waals surface area contributed by atoms with Crippen molar-refractivity contribution in [1.29, 1.82) is 5.41 Å². The first-order chi connectivity index (χ1) is 5.68. The zero-order valence-corrected chi connectivity index (χ0v) is 7.52. The van der Waals surface area contributed by atoms with Crippen molar-refractivity contribution in [3.63, 3.8) is 0 Å². The number of nitrogens with zero attached hydrogens (tertiary/aromatic N) is 1. The van der Waals surface area contributed by atoms with Gasteiger partial charge in [0.25, 0.3) is 0 Å². The Morgan fingerprint density at radius 2 is 2.42 bits per heavy atom. The van der Waals surface area contributed by atoms with Gasteiger partial charge in [-0.25, -0.2) is 4.98 Å². The molecule has 12 heavy (non-hydrogen) atoms. The van der Waals surface area contributed by atoms with Gasteiger partial charge in [0.05, 0.1) is 5.84 Å². The number of aromatic nitrogens is 1. The summed E-state index contributed by atoms with van der Waals surface area (Å²) in [6.45, 7) is 2.32. The standard InChI is InChI=1S/C8H10ClN3/c1-6(10)11-4-7-2-3-8(9)12-5-7/h2-3,5H,4H2,1H3,(H2,10,11). The van der Waals surface area contributed by atoms with Gasteiger partial charge in [0.1, 0.15) is 5.15 Å². The average Bonchev–Trinajstić information content (AvgIpc) is 2.03. The molecule has 1 aromatic heterocycles. The Morgan fingerprint density at radius 3 is 2.92 bits per heavy atom. The maximum absolute atomic E-state index is 7.13. The molecule has 0 fully saturated rings. The van der Waals surface area contributed by atoms with E-state index in [-0.39, 0.29) is 0 Å². The van der Waals surface area contributed by atoms with E-state index in [1.54, 1.807) is 19.2 Å². The zero-order valence-electron chi connectivity index (χ0n) is 6.76. The van der Waals surface area contributed by atoms with Crippen LogP contribution in [0.5, 0.6) is 0 Å². The highest BCUT2D eigenvalue weighted by Crippen LogP contribution is 2.04. The minimum atomic E-state index is 0.449. The quantitative estimate of drug-likeness (QED) is 0.418. The number of hydrogen-bond acceptors (Lipinski definition) is 2. The molecular weight excluding hydrogens is 174 g/mol. The Morgan fingerprint density at radius 1 is 1.67 bits per heavy atom. The normalized spacial score (nSPS) is 9.50. The molecule has 64 valence electrons. The van der Waals surface area contributed by atoms with Gasteiger partial charge in [-0.05, 0) is 18.6 Å². The number of nitrogens with one attached hydrogen (secondary N) is 2. The number of amidine groups is 1. The van der Waals surface area contributed by atoms with Crippen molar-refractivity contribution in [3.05, 3.63) is 29.0 Å². The van der Waals surface area contributed by atoms with E-state index in [9.17, 15) is 0 Å². The molecule has 3 nitrogen and oxygen atoms in total. The average molecular weight is 184 g/mol. The van der Waals surface area contributed by atoms with E-state index in [2.05, 4.69) is 10.3 Å². The van der Waals surface area contributed by atoms with Crippen molar-refractivity contribution in [2.45, 2.75) is 13.5 Å². The molecule has 0 saturated carbocycles. The summed E-state index contributed by atoms with van der Waals surface area (Å²) in [6, 6.07) is 3.61. The van der Waals surface area contributed by atoms with Gasteiger partial charge in [-0.3, -0.25) is 5.41 Å². The number of pyridine rings is 1. The van der Waals surface area contributed by atoms with Crippen molar-refractivity contribution in [2.75, 3.05) is 0 Å². The van der Waals surface area contributed by atoms with Gasteiger partial charge in [-0.15, -0.1) is 0 Å². The molecule has 0 aliphatic heterocycles. The second kappa shape index (κ2) is 4.07. The smallest absolute Gasteiger partial charge is 0.129 e. The molecule has 0 radical (unpaired) electrons. The number of halogens is 1. The summed E-state index contributed by atoms with van der Waals surface area (Å²) in [7, 11) is 0. The van der Waals surface area contributed by atoms with E-state index in [1.807, 2.05) is 6.07 Å². The van der Waals surface area contributed by atoms with Gasteiger partial charge < -0.3 is 5.32 Å². The molecule has 0 unspecified atom stereocenters. The Balaban J connectivity index is 2.53. The summed E-state index contributed by atoms with van der Waals surface area (Å²) < 4.78 is 0. The fourth-order valence-electron chi connectivity index (χ4n) is 0.746. The van der Waals surface area contributed by atoms with Crippen molar-refractivity contribution < 1.29 is 0 Å². The predicted octanol–water partition coefficient (Wildman–Crippen LogP) is 1.82. The van der Waals surface area contributed by atoms with E-state index >= 15 is 0 Å². The van der Waals surface area contributed by atoms with Gasteiger partial charge in [-0.1, -0.05) is 17.7 Å².